The average molecular weight is 400 g/mol. The van der Waals surface area contributed by atoms with E-state index in [-0.39, 0.29) is 6.10 Å². The predicted octanol–water partition coefficient (Wildman–Crippen LogP) is 6.51. The summed E-state index contributed by atoms with van der Waals surface area (Å²) >= 11 is 0. The SMILES string of the molecule is CC(C1=NC[C@@H](C)CC1)C1CCC2C3CCC4C[C@@H](O)CC[C@]4(C)C3CC[C@]12C. The molecule has 164 valence electrons. The Morgan fingerprint density at radius 2 is 1.69 bits per heavy atom. The van der Waals surface area contributed by atoms with Crippen molar-refractivity contribution in [1.82, 2.24) is 0 Å². The van der Waals surface area contributed by atoms with Crippen molar-refractivity contribution in [3.63, 3.8) is 0 Å². The Labute approximate surface area is 179 Å². The van der Waals surface area contributed by atoms with Crippen molar-refractivity contribution >= 4 is 5.71 Å². The topological polar surface area (TPSA) is 32.6 Å². The Kier molecular flexibility index (Phi) is 5.20. The largest absolute Gasteiger partial charge is 0.393 e. The maximum atomic E-state index is 10.3. The number of aliphatic hydroxyl groups is 1. The molecular weight excluding hydrogens is 354 g/mol. The maximum absolute atomic E-state index is 10.3. The number of rotatable bonds is 2. The number of aliphatic imine (C=N–C) groups is 1. The molecule has 6 unspecified atom stereocenters. The lowest BCUT2D eigenvalue weighted by molar-refractivity contribution is -0.127. The third-order valence-corrected chi connectivity index (χ3v) is 11.3. The zero-order chi connectivity index (χ0) is 20.4. The van der Waals surface area contributed by atoms with Gasteiger partial charge in [-0.25, -0.2) is 0 Å². The van der Waals surface area contributed by atoms with E-state index in [0.29, 0.717) is 16.7 Å². The summed E-state index contributed by atoms with van der Waals surface area (Å²) in [4.78, 5) is 5.07. The van der Waals surface area contributed by atoms with E-state index in [2.05, 4.69) is 27.7 Å². The number of nitrogens with zero attached hydrogens (tertiary/aromatic N) is 1. The molecular formula is C27H45NO. The quantitative estimate of drug-likeness (QED) is 0.564. The van der Waals surface area contributed by atoms with Gasteiger partial charge in [-0.05, 0) is 123 Å². The molecule has 1 N–H and O–H groups in total. The Bertz CT molecular complexity index is 657. The van der Waals surface area contributed by atoms with Crippen LogP contribution in [0.2, 0.25) is 0 Å². The van der Waals surface area contributed by atoms with Crippen LogP contribution < -0.4 is 0 Å². The number of hydrogen-bond acceptors (Lipinski definition) is 2. The lowest BCUT2D eigenvalue weighted by atomic mass is 9.44. The monoisotopic (exact) mass is 399 g/mol. The van der Waals surface area contributed by atoms with Gasteiger partial charge in [0.05, 0.1) is 6.10 Å². The van der Waals surface area contributed by atoms with Crippen LogP contribution in [-0.2, 0) is 0 Å². The van der Waals surface area contributed by atoms with E-state index >= 15 is 0 Å². The minimum absolute atomic E-state index is 0.0193. The zero-order valence-corrected chi connectivity index (χ0v) is 19.5. The molecule has 0 bridgehead atoms. The molecule has 5 aliphatic rings. The molecule has 29 heavy (non-hydrogen) atoms. The highest BCUT2D eigenvalue weighted by molar-refractivity contribution is 5.87. The molecule has 4 saturated carbocycles. The van der Waals surface area contributed by atoms with Crippen LogP contribution in [0.25, 0.3) is 0 Å². The van der Waals surface area contributed by atoms with Gasteiger partial charge in [0, 0.05) is 12.3 Å². The fourth-order valence-electron chi connectivity index (χ4n) is 9.54. The molecule has 0 aromatic carbocycles. The first-order valence-corrected chi connectivity index (χ1v) is 13.0. The van der Waals surface area contributed by atoms with Crippen molar-refractivity contribution < 1.29 is 5.11 Å². The van der Waals surface area contributed by atoms with Gasteiger partial charge in [-0.3, -0.25) is 4.99 Å². The van der Waals surface area contributed by atoms with Crippen molar-refractivity contribution in [2.75, 3.05) is 6.54 Å². The molecule has 5 rings (SSSR count). The van der Waals surface area contributed by atoms with Gasteiger partial charge in [0.15, 0.2) is 0 Å². The Hall–Kier alpha value is -0.370. The average Bonchev–Trinajstić information content (AvgIpc) is 3.06. The van der Waals surface area contributed by atoms with E-state index in [0.717, 1.165) is 54.9 Å². The van der Waals surface area contributed by atoms with Crippen molar-refractivity contribution in [3.05, 3.63) is 0 Å². The second kappa shape index (κ2) is 7.35. The molecule has 0 spiro atoms. The highest BCUT2D eigenvalue weighted by Gasteiger charge is 2.60. The highest BCUT2D eigenvalue weighted by Crippen LogP contribution is 2.68. The number of fused-ring (bicyclic) bond motifs is 5. The molecule has 4 fully saturated rings. The van der Waals surface area contributed by atoms with Gasteiger partial charge in [-0.1, -0.05) is 27.7 Å². The summed E-state index contributed by atoms with van der Waals surface area (Å²) < 4.78 is 0. The second-order valence-corrected chi connectivity index (χ2v) is 12.6. The first-order valence-electron chi connectivity index (χ1n) is 13.0. The lowest BCUT2D eigenvalue weighted by Crippen LogP contribution is -2.54. The number of hydrogen-bond donors (Lipinski definition) is 1. The molecule has 0 aromatic rings. The first-order chi connectivity index (χ1) is 13.8. The van der Waals surface area contributed by atoms with E-state index in [4.69, 9.17) is 4.99 Å². The smallest absolute Gasteiger partial charge is 0.0543 e. The van der Waals surface area contributed by atoms with Gasteiger partial charge in [-0.15, -0.1) is 0 Å². The molecule has 1 heterocycles. The summed E-state index contributed by atoms with van der Waals surface area (Å²) in [6, 6.07) is 0. The fourth-order valence-corrected chi connectivity index (χ4v) is 9.54. The van der Waals surface area contributed by atoms with Crippen LogP contribution in [0, 0.1) is 52.3 Å². The van der Waals surface area contributed by atoms with Crippen LogP contribution in [0.3, 0.4) is 0 Å². The molecule has 0 aromatic heterocycles. The maximum Gasteiger partial charge on any atom is 0.0543 e. The Balaban J connectivity index is 1.36. The van der Waals surface area contributed by atoms with Gasteiger partial charge in [-0.2, -0.15) is 0 Å². The normalized spacial score (nSPS) is 53.4. The second-order valence-electron chi connectivity index (χ2n) is 12.6. The standard InChI is InChI=1S/C27H45NO/c1-17-5-10-25(28-16-17)18(2)22-8-9-23-21-7-6-19-15-20(29)11-13-26(19,3)24(21)12-14-27(22,23)4/h17-24,29H,5-16H2,1-4H3/t17-,18?,19?,20-,21?,22?,23?,24?,26-,27+/m0/s1. The minimum Gasteiger partial charge on any atom is -0.393 e. The summed E-state index contributed by atoms with van der Waals surface area (Å²) in [6.07, 6.45) is 14.6. The van der Waals surface area contributed by atoms with Gasteiger partial charge in [0.25, 0.3) is 0 Å². The summed E-state index contributed by atoms with van der Waals surface area (Å²) in [6.45, 7) is 11.3. The van der Waals surface area contributed by atoms with Crippen LogP contribution in [0.4, 0.5) is 0 Å². The Morgan fingerprint density at radius 3 is 2.45 bits per heavy atom. The van der Waals surface area contributed by atoms with Gasteiger partial charge in [0.1, 0.15) is 0 Å². The van der Waals surface area contributed by atoms with E-state index in [1.807, 2.05) is 0 Å². The Morgan fingerprint density at radius 1 is 0.931 bits per heavy atom. The number of aliphatic hydroxyl groups excluding tert-OH is 1. The minimum atomic E-state index is -0.0193. The predicted molar refractivity (Wildman–Crippen MR) is 121 cm³/mol. The van der Waals surface area contributed by atoms with Crippen molar-refractivity contribution in [2.24, 2.45) is 57.2 Å². The van der Waals surface area contributed by atoms with Crippen molar-refractivity contribution in [3.8, 4) is 0 Å². The van der Waals surface area contributed by atoms with Crippen LogP contribution >= 0.6 is 0 Å². The third-order valence-electron chi connectivity index (χ3n) is 11.3. The molecule has 2 nitrogen and oxygen atoms in total. The van der Waals surface area contributed by atoms with E-state index in [1.165, 1.54) is 57.8 Å². The third kappa shape index (κ3) is 3.17. The summed E-state index contributed by atoms with van der Waals surface area (Å²) in [5, 5.41) is 10.3. The zero-order valence-electron chi connectivity index (χ0n) is 19.5. The first kappa shape index (κ1) is 20.5. The van der Waals surface area contributed by atoms with E-state index in [1.54, 1.807) is 5.71 Å². The van der Waals surface area contributed by atoms with E-state index in [9.17, 15) is 5.11 Å². The summed E-state index contributed by atoms with van der Waals surface area (Å²) in [5.41, 5.74) is 2.62. The van der Waals surface area contributed by atoms with Crippen molar-refractivity contribution in [2.45, 2.75) is 104 Å². The fraction of sp³-hybridized carbons (Fsp3) is 0.963. The summed E-state index contributed by atoms with van der Waals surface area (Å²) in [7, 11) is 0. The highest BCUT2D eigenvalue weighted by atomic mass is 16.3. The molecule has 10 atom stereocenters. The molecule has 2 heteroatoms. The van der Waals surface area contributed by atoms with Gasteiger partial charge < -0.3 is 5.11 Å². The van der Waals surface area contributed by atoms with Crippen LogP contribution in [0.1, 0.15) is 98.3 Å². The van der Waals surface area contributed by atoms with Crippen LogP contribution in [0.15, 0.2) is 4.99 Å². The molecule has 4 aliphatic carbocycles. The van der Waals surface area contributed by atoms with Gasteiger partial charge in [0.2, 0.25) is 0 Å². The molecule has 0 saturated heterocycles. The van der Waals surface area contributed by atoms with Crippen LogP contribution in [0.5, 0.6) is 0 Å². The molecule has 0 amide bonds. The van der Waals surface area contributed by atoms with Crippen LogP contribution in [-0.4, -0.2) is 23.5 Å². The van der Waals surface area contributed by atoms with E-state index < -0.39 is 0 Å². The summed E-state index contributed by atoms with van der Waals surface area (Å²) in [5.74, 6) is 5.96. The lowest BCUT2D eigenvalue weighted by Gasteiger charge is -2.61. The van der Waals surface area contributed by atoms with Gasteiger partial charge >= 0.3 is 0 Å². The van der Waals surface area contributed by atoms with Crippen molar-refractivity contribution in [1.29, 1.82) is 0 Å². The molecule has 0 radical (unpaired) electrons. The molecule has 1 aliphatic heterocycles.